The van der Waals surface area contributed by atoms with Gasteiger partial charge < -0.3 is 9.36 Å². The number of rotatable bonds is 4. The van der Waals surface area contributed by atoms with Crippen molar-refractivity contribution in [2.75, 3.05) is 0 Å². The molecule has 94 valence electrons. The summed E-state index contributed by atoms with van der Waals surface area (Å²) in [4.78, 5) is 10.6. The average Bonchev–Trinajstić information content (AvgIpc) is 2.83. The second-order valence-electron chi connectivity index (χ2n) is 4.69. The van der Waals surface area contributed by atoms with Crippen molar-refractivity contribution in [1.82, 2.24) is 4.57 Å². The van der Waals surface area contributed by atoms with Crippen LogP contribution in [-0.2, 0) is 17.8 Å². The number of fused-ring (bicyclic) bond motifs is 1. The molecule has 0 unspecified atom stereocenters. The third-order valence-electron chi connectivity index (χ3n) is 3.35. The molecule has 0 N–H and O–H groups in total. The molecule has 1 aromatic heterocycles. The Kier molecular flexibility index (Phi) is 3.15. The van der Waals surface area contributed by atoms with Gasteiger partial charge in [-0.05, 0) is 34.7 Å². The maximum Gasteiger partial charge on any atom is 0.124 e. The highest BCUT2D eigenvalue weighted by Crippen LogP contribution is 2.19. The SMILES string of the molecule is O=CCc1ccc2c(ccn2Cc2ccccc2)c1. The van der Waals surface area contributed by atoms with Gasteiger partial charge in [-0.3, -0.25) is 0 Å². The smallest absolute Gasteiger partial charge is 0.124 e. The number of carbonyl (C=O) groups excluding carboxylic acids is 1. The highest BCUT2D eigenvalue weighted by Gasteiger charge is 2.02. The molecule has 0 spiro atoms. The van der Waals surface area contributed by atoms with Crippen LogP contribution in [0.2, 0.25) is 0 Å². The van der Waals surface area contributed by atoms with Crippen LogP contribution in [0.1, 0.15) is 11.1 Å². The van der Waals surface area contributed by atoms with Gasteiger partial charge in [-0.1, -0.05) is 36.4 Å². The van der Waals surface area contributed by atoms with Gasteiger partial charge in [-0.25, -0.2) is 0 Å². The summed E-state index contributed by atoms with van der Waals surface area (Å²) in [6, 6.07) is 18.7. The molecule has 3 aromatic rings. The summed E-state index contributed by atoms with van der Waals surface area (Å²) in [6.07, 6.45) is 3.53. The zero-order valence-electron chi connectivity index (χ0n) is 10.6. The number of carbonyl (C=O) groups is 1. The molecule has 0 aliphatic heterocycles. The molecular weight excluding hydrogens is 234 g/mol. The van der Waals surface area contributed by atoms with Crippen molar-refractivity contribution in [1.29, 1.82) is 0 Å². The number of aromatic nitrogens is 1. The molecule has 2 nitrogen and oxygen atoms in total. The Morgan fingerprint density at radius 1 is 0.947 bits per heavy atom. The molecule has 0 saturated heterocycles. The lowest BCUT2D eigenvalue weighted by Gasteiger charge is -2.06. The summed E-state index contributed by atoms with van der Waals surface area (Å²) in [5.41, 5.74) is 3.57. The predicted molar refractivity (Wildman–Crippen MR) is 77.3 cm³/mol. The maximum absolute atomic E-state index is 10.6. The lowest BCUT2D eigenvalue weighted by molar-refractivity contribution is -0.107. The molecule has 0 aliphatic rings. The lowest BCUT2D eigenvalue weighted by Crippen LogP contribution is -1.97. The second-order valence-corrected chi connectivity index (χ2v) is 4.69. The average molecular weight is 249 g/mol. The quantitative estimate of drug-likeness (QED) is 0.649. The molecule has 3 rings (SSSR count). The minimum atomic E-state index is 0.486. The van der Waals surface area contributed by atoms with Gasteiger partial charge in [0.2, 0.25) is 0 Å². The van der Waals surface area contributed by atoms with E-state index in [1.807, 2.05) is 12.1 Å². The van der Waals surface area contributed by atoms with Crippen LogP contribution in [0.3, 0.4) is 0 Å². The van der Waals surface area contributed by atoms with Gasteiger partial charge in [0.1, 0.15) is 6.29 Å². The Hall–Kier alpha value is -2.35. The molecule has 19 heavy (non-hydrogen) atoms. The summed E-state index contributed by atoms with van der Waals surface area (Å²) < 4.78 is 2.23. The van der Waals surface area contributed by atoms with Gasteiger partial charge in [0.05, 0.1) is 0 Å². The van der Waals surface area contributed by atoms with E-state index in [0.29, 0.717) is 6.42 Å². The second kappa shape index (κ2) is 5.11. The topological polar surface area (TPSA) is 22.0 Å². The van der Waals surface area contributed by atoms with Crippen LogP contribution >= 0.6 is 0 Å². The largest absolute Gasteiger partial charge is 0.343 e. The zero-order valence-corrected chi connectivity index (χ0v) is 10.6. The van der Waals surface area contributed by atoms with Crippen LogP contribution < -0.4 is 0 Å². The third-order valence-corrected chi connectivity index (χ3v) is 3.35. The Morgan fingerprint density at radius 2 is 1.79 bits per heavy atom. The molecule has 0 fully saturated rings. The van der Waals surface area contributed by atoms with Crippen LogP contribution in [0, 0.1) is 0 Å². The third kappa shape index (κ3) is 2.43. The standard InChI is InChI=1S/C17H15NO/c19-11-9-14-6-7-17-16(12-14)8-10-18(17)13-15-4-2-1-3-5-15/h1-8,10-12H,9,13H2. The number of benzene rings is 2. The van der Waals surface area contributed by atoms with Crippen molar-refractivity contribution in [3.05, 3.63) is 71.9 Å². The first-order valence-corrected chi connectivity index (χ1v) is 6.42. The molecule has 2 heteroatoms. The van der Waals surface area contributed by atoms with E-state index in [0.717, 1.165) is 18.4 Å². The lowest BCUT2D eigenvalue weighted by atomic mass is 10.1. The van der Waals surface area contributed by atoms with Crippen molar-refractivity contribution in [3.8, 4) is 0 Å². The van der Waals surface area contributed by atoms with Crippen molar-refractivity contribution < 1.29 is 4.79 Å². The van der Waals surface area contributed by atoms with E-state index in [2.05, 4.69) is 53.2 Å². The Labute approximate surface area is 112 Å². The van der Waals surface area contributed by atoms with Crippen LogP contribution in [0.25, 0.3) is 10.9 Å². The summed E-state index contributed by atoms with van der Waals surface area (Å²) >= 11 is 0. The molecule has 0 bridgehead atoms. The van der Waals surface area contributed by atoms with E-state index in [9.17, 15) is 4.79 Å². The minimum absolute atomic E-state index is 0.486. The van der Waals surface area contributed by atoms with E-state index in [1.54, 1.807) is 0 Å². The maximum atomic E-state index is 10.6. The van der Waals surface area contributed by atoms with Gasteiger partial charge in [-0.15, -0.1) is 0 Å². The van der Waals surface area contributed by atoms with Gasteiger partial charge in [0.25, 0.3) is 0 Å². The normalized spacial score (nSPS) is 10.7. The molecule has 0 atom stereocenters. The van der Waals surface area contributed by atoms with Gasteiger partial charge in [0.15, 0.2) is 0 Å². The van der Waals surface area contributed by atoms with Crippen LogP contribution in [0.5, 0.6) is 0 Å². The summed E-state index contributed by atoms with van der Waals surface area (Å²) in [6.45, 7) is 0.872. The monoisotopic (exact) mass is 249 g/mol. The minimum Gasteiger partial charge on any atom is -0.343 e. The zero-order chi connectivity index (χ0) is 13.1. The fourth-order valence-corrected chi connectivity index (χ4v) is 2.39. The van der Waals surface area contributed by atoms with Gasteiger partial charge in [-0.2, -0.15) is 0 Å². The van der Waals surface area contributed by atoms with E-state index < -0.39 is 0 Å². The molecule has 1 heterocycles. The van der Waals surface area contributed by atoms with E-state index in [-0.39, 0.29) is 0 Å². The molecule has 0 aliphatic carbocycles. The number of nitrogens with zero attached hydrogens (tertiary/aromatic N) is 1. The fourth-order valence-electron chi connectivity index (χ4n) is 2.39. The first-order valence-electron chi connectivity index (χ1n) is 6.42. The Morgan fingerprint density at radius 3 is 2.58 bits per heavy atom. The van der Waals surface area contributed by atoms with Gasteiger partial charge >= 0.3 is 0 Å². The van der Waals surface area contributed by atoms with Gasteiger partial charge in [0, 0.05) is 24.7 Å². The molecule has 2 aromatic carbocycles. The highest BCUT2D eigenvalue weighted by molar-refractivity contribution is 5.81. The van der Waals surface area contributed by atoms with E-state index >= 15 is 0 Å². The number of aldehydes is 1. The van der Waals surface area contributed by atoms with Crippen molar-refractivity contribution in [2.45, 2.75) is 13.0 Å². The van der Waals surface area contributed by atoms with Crippen LogP contribution in [0.4, 0.5) is 0 Å². The Balaban J connectivity index is 1.95. The molecule has 0 amide bonds. The molecular formula is C17H15NO. The summed E-state index contributed by atoms with van der Waals surface area (Å²) in [7, 11) is 0. The van der Waals surface area contributed by atoms with E-state index in [4.69, 9.17) is 0 Å². The molecule has 0 radical (unpaired) electrons. The number of hydrogen-bond acceptors (Lipinski definition) is 1. The first-order chi connectivity index (χ1) is 9.36. The highest BCUT2D eigenvalue weighted by atomic mass is 16.1. The van der Waals surface area contributed by atoms with Crippen LogP contribution in [-0.4, -0.2) is 10.9 Å². The predicted octanol–water partition coefficient (Wildman–Crippen LogP) is 3.43. The molecule has 0 saturated carbocycles. The summed E-state index contributed by atoms with van der Waals surface area (Å²) in [5, 5.41) is 1.19. The first kappa shape index (κ1) is 11.7. The van der Waals surface area contributed by atoms with Crippen molar-refractivity contribution in [2.24, 2.45) is 0 Å². The van der Waals surface area contributed by atoms with E-state index in [1.165, 1.54) is 16.5 Å². The van der Waals surface area contributed by atoms with Crippen molar-refractivity contribution in [3.63, 3.8) is 0 Å². The Bertz CT molecular complexity index is 698. The fraction of sp³-hybridized carbons (Fsp3) is 0.118. The summed E-state index contributed by atoms with van der Waals surface area (Å²) in [5.74, 6) is 0. The van der Waals surface area contributed by atoms with Crippen LogP contribution in [0.15, 0.2) is 60.8 Å². The van der Waals surface area contributed by atoms with Crippen molar-refractivity contribution >= 4 is 17.2 Å². The number of hydrogen-bond donors (Lipinski definition) is 0.